The van der Waals surface area contributed by atoms with Gasteiger partial charge in [-0.25, -0.2) is 0 Å². The number of aryl methyl sites for hydroxylation is 2. The summed E-state index contributed by atoms with van der Waals surface area (Å²) in [5.41, 5.74) is 3.27. The second kappa shape index (κ2) is 6.04. The van der Waals surface area contributed by atoms with Gasteiger partial charge in [0.05, 0.1) is 19.3 Å². The Hall–Kier alpha value is -2.30. The maximum atomic E-state index is 11.7. The molecule has 1 amide bonds. The molecule has 2 aromatic rings. The van der Waals surface area contributed by atoms with Crippen LogP contribution < -0.4 is 10.6 Å². The number of aromatic nitrogens is 1. The molecule has 0 aliphatic heterocycles. The fourth-order valence-corrected chi connectivity index (χ4v) is 1.84. The van der Waals surface area contributed by atoms with Crippen LogP contribution in [0, 0.1) is 13.8 Å². The van der Waals surface area contributed by atoms with Crippen LogP contribution in [0.1, 0.15) is 16.9 Å². The zero-order chi connectivity index (χ0) is 13.7. The van der Waals surface area contributed by atoms with Crippen molar-refractivity contribution in [2.24, 2.45) is 0 Å². The van der Waals surface area contributed by atoms with Gasteiger partial charge in [0.1, 0.15) is 0 Å². The van der Waals surface area contributed by atoms with Crippen molar-refractivity contribution < 1.29 is 9.32 Å². The molecule has 2 N–H and O–H groups in total. The first-order valence-corrected chi connectivity index (χ1v) is 6.13. The van der Waals surface area contributed by atoms with Crippen molar-refractivity contribution in [3.63, 3.8) is 0 Å². The first kappa shape index (κ1) is 13.1. The Morgan fingerprint density at radius 3 is 2.63 bits per heavy atom. The van der Waals surface area contributed by atoms with Gasteiger partial charge in [-0.3, -0.25) is 4.79 Å². The lowest BCUT2D eigenvalue weighted by Gasteiger charge is -2.12. The Morgan fingerprint density at radius 2 is 2.00 bits per heavy atom. The number of nitrogens with zero attached hydrogens (tertiary/aromatic N) is 1. The summed E-state index contributed by atoms with van der Waals surface area (Å²) < 4.78 is 4.90. The molecule has 0 unspecified atom stereocenters. The van der Waals surface area contributed by atoms with E-state index >= 15 is 0 Å². The molecule has 1 aromatic heterocycles. The van der Waals surface area contributed by atoms with Gasteiger partial charge in [-0.2, -0.15) is 0 Å². The normalized spacial score (nSPS) is 10.2. The number of carbonyl (C=O) groups excluding carboxylic acids is 1. The van der Waals surface area contributed by atoms with E-state index in [9.17, 15) is 4.79 Å². The third-order valence-corrected chi connectivity index (χ3v) is 2.86. The van der Waals surface area contributed by atoms with Crippen LogP contribution in [0.5, 0.6) is 0 Å². The van der Waals surface area contributed by atoms with Crippen molar-refractivity contribution in [1.82, 2.24) is 10.5 Å². The molecule has 0 atom stereocenters. The largest absolute Gasteiger partial charge is 0.376 e. The minimum Gasteiger partial charge on any atom is -0.376 e. The highest BCUT2D eigenvalue weighted by Gasteiger charge is 2.06. The molecular weight excluding hydrogens is 242 g/mol. The number of hydrogen-bond donors (Lipinski definition) is 2. The molecule has 0 saturated heterocycles. The highest BCUT2D eigenvalue weighted by molar-refractivity contribution is 5.81. The summed E-state index contributed by atoms with van der Waals surface area (Å²) in [4.78, 5) is 11.7. The summed E-state index contributed by atoms with van der Waals surface area (Å²) in [6.45, 7) is 4.62. The van der Waals surface area contributed by atoms with E-state index in [-0.39, 0.29) is 12.5 Å². The molecule has 19 heavy (non-hydrogen) atoms. The second-order valence-corrected chi connectivity index (χ2v) is 4.38. The van der Waals surface area contributed by atoms with Crippen LogP contribution in [0.2, 0.25) is 0 Å². The predicted molar refractivity (Wildman–Crippen MR) is 72.8 cm³/mol. The van der Waals surface area contributed by atoms with Gasteiger partial charge in [0.25, 0.3) is 0 Å². The fraction of sp³-hybridized carbons (Fsp3) is 0.286. The first-order chi connectivity index (χ1) is 9.16. The van der Waals surface area contributed by atoms with E-state index in [1.165, 1.54) is 0 Å². The number of benzene rings is 1. The molecule has 0 aliphatic rings. The van der Waals surface area contributed by atoms with Gasteiger partial charge in [-0.1, -0.05) is 23.4 Å². The lowest BCUT2D eigenvalue weighted by atomic mass is 10.1. The molecule has 100 valence electrons. The van der Waals surface area contributed by atoms with Crippen LogP contribution in [0.15, 0.2) is 35.0 Å². The number of hydrogen-bond acceptors (Lipinski definition) is 4. The molecule has 0 bridgehead atoms. The third kappa shape index (κ3) is 3.58. The second-order valence-electron chi connectivity index (χ2n) is 4.38. The monoisotopic (exact) mass is 259 g/mol. The van der Waals surface area contributed by atoms with Crippen molar-refractivity contribution in [2.45, 2.75) is 20.4 Å². The molecule has 0 saturated carbocycles. The third-order valence-electron chi connectivity index (χ3n) is 2.86. The van der Waals surface area contributed by atoms with Crippen molar-refractivity contribution in [3.8, 4) is 0 Å². The quantitative estimate of drug-likeness (QED) is 0.862. The molecule has 0 aliphatic carbocycles. The first-order valence-electron chi connectivity index (χ1n) is 6.13. The van der Waals surface area contributed by atoms with Gasteiger partial charge in [0, 0.05) is 11.8 Å². The maximum absolute atomic E-state index is 11.7. The van der Waals surface area contributed by atoms with Crippen LogP contribution in [-0.4, -0.2) is 17.6 Å². The number of para-hydroxylation sites is 1. The Bertz CT molecular complexity index is 530. The number of anilines is 1. The van der Waals surface area contributed by atoms with Gasteiger partial charge in [-0.05, 0) is 25.0 Å². The average Bonchev–Trinajstić information content (AvgIpc) is 2.89. The maximum Gasteiger partial charge on any atom is 0.239 e. The standard InChI is InChI=1S/C14H17N3O2/c1-10-4-3-5-11(2)14(10)16-9-13(18)15-8-12-6-7-17-19-12/h3-7,16H,8-9H2,1-2H3,(H,15,18). The van der Waals surface area contributed by atoms with Crippen LogP contribution in [0.25, 0.3) is 0 Å². The van der Waals surface area contributed by atoms with Gasteiger partial charge < -0.3 is 15.2 Å². The van der Waals surface area contributed by atoms with E-state index in [4.69, 9.17) is 4.52 Å². The van der Waals surface area contributed by atoms with Gasteiger partial charge in [-0.15, -0.1) is 0 Å². The Kier molecular flexibility index (Phi) is 4.18. The molecule has 2 rings (SSSR count). The lowest BCUT2D eigenvalue weighted by molar-refractivity contribution is -0.119. The summed E-state index contributed by atoms with van der Waals surface area (Å²) in [5.74, 6) is 0.555. The average molecular weight is 259 g/mol. The number of rotatable bonds is 5. The van der Waals surface area contributed by atoms with Gasteiger partial charge in [0.2, 0.25) is 5.91 Å². The van der Waals surface area contributed by atoms with E-state index in [0.29, 0.717) is 12.3 Å². The summed E-state index contributed by atoms with van der Waals surface area (Å²) in [5, 5.41) is 9.49. The highest BCUT2D eigenvalue weighted by atomic mass is 16.5. The number of nitrogens with one attached hydrogen (secondary N) is 2. The molecule has 5 heteroatoms. The lowest BCUT2D eigenvalue weighted by Crippen LogP contribution is -2.29. The fourth-order valence-electron chi connectivity index (χ4n) is 1.84. The van der Waals surface area contributed by atoms with Crippen LogP contribution in [0.3, 0.4) is 0 Å². The molecular formula is C14H17N3O2. The number of carbonyl (C=O) groups is 1. The summed E-state index contributed by atoms with van der Waals surface area (Å²) in [7, 11) is 0. The van der Waals surface area contributed by atoms with Crippen LogP contribution >= 0.6 is 0 Å². The summed E-state index contributed by atoms with van der Waals surface area (Å²) in [6, 6.07) is 7.75. The van der Waals surface area contributed by atoms with Gasteiger partial charge in [0.15, 0.2) is 5.76 Å². The molecule has 5 nitrogen and oxygen atoms in total. The zero-order valence-electron chi connectivity index (χ0n) is 11.1. The Labute approximate surface area is 112 Å². The topological polar surface area (TPSA) is 67.2 Å². The molecule has 1 aromatic carbocycles. The highest BCUT2D eigenvalue weighted by Crippen LogP contribution is 2.18. The summed E-state index contributed by atoms with van der Waals surface area (Å²) in [6.07, 6.45) is 1.55. The SMILES string of the molecule is Cc1cccc(C)c1NCC(=O)NCc1ccno1. The number of amides is 1. The molecule has 0 spiro atoms. The van der Waals surface area contributed by atoms with E-state index in [1.54, 1.807) is 12.3 Å². The van der Waals surface area contributed by atoms with E-state index < -0.39 is 0 Å². The minimum atomic E-state index is -0.0842. The van der Waals surface area contributed by atoms with E-state index in [0.717, 1.165) is 16.8 Å². The molecule has 0 fully saturated rings. The Balaban J connectivity index is 1.83. The zero-order valence-corrected chi connectivity index (χ0v) is 11.1. The molecule has 0 radical (unpaired) electrons. The Morgan fingerprint density at radius 1 is 1.26 bits per heavy atom. The van der Waals surface area contributed by atoms with Crippen LogP contribution in [0.4, 0.5) is 5.69 Å². The molecule has 1 heterocycles. The van der Waals surface area contributed by atoms with Crippen molar-refractivity contribution in [2.75, 3.05) is 11.9 Å². The van der Waals surface area contributed by atoms with Crippen LogP contribution in [-0.2, 0) is 11.3 Å². The summed E-state index contributed by atoms with van der Waals surface area (Å²) >= 11 is 0. The van der Waals surface area contributed by atoms with E-state index in [1.807, 2.05) is 32.0 Å². The van der Waals surface area contributed by atoms with Crippen molar-refractivity contribution in [3.05, 3.63) is 47.3 Å². The van der Waals surface area contributed by atoms with Gasteiger partial charge >= 0.3 is 0 Å². The van der Waals surface area contributed by atoms with Crippen molar-refractivity contribution in [1.29, 1.82) is 0 Å². The van der Waals surface area contributed by atoms with Crippen molar-refractivity contribution >= 4 is 11.6 Å². The predicted octanol–water partition coefficient (Wildman–Crippen LogP) is 2.02. The van der Waals surface area contributed by atoms with E-state index in [2.05, 4.69) is 15.8 Å². The minimum absolute atomic E-state index is 0.0842. The smallest absolute Gasteiger partial charge is 0.239 e.